The molecule has 1 aromatic carbocycles. The Labute approximate surface area is 197 Å². The summed E-state index contributed by atoms with van der Waals surface area (Å²) in [7, 11) is 0. The molecule has 2 atom stereocenters. The van der Waals surface area contributed by atoms with E-state index in [1.807, 2.05) is 54.0 Å². The minimum absolute atomic E-state index is 0.0422. The molecule has 0 aromatic heterocycles. The van der Waals surface area contributed by atoms with Gasteiger partial charge in [-0.3, -0.25) is 19.3 Å². The smallest absolute Gasteiger partial charge is 0.234 e. The van der Waals surface area contributed by atoms with Gasteiger partial charge in [-0.05, 0) is 38.3 Å². The minimum atomic E-state index is -0.141. The normalized spacial score (nSPS) is 20.2. The summed E-state index contributed by atoms with van der Waals surface area (Å²) >= 11 is 0. The van der Waals surface area contributed by atoms with Gasteiger partial charge in [-0.25, -0.2) is 0 Å². The summed E-state index contributed by atoms with van der Waals surface area (Å²) in [5, 5.41) is 2.99. The lowest BCUT2D eigenvalue weighted by molar-refractivity contribution is -0.142. The average Bonchev–Trinajstić information content (AvgIpc) is 2.84. The number of nitrogens with zero attached hydrogens (tertiary/aromatic N) is 3. The Hall–Kier alpha value is -2.61. The highest BCUT2D eigenvalue weighted by Gasteiger charge is 2.32. The molecule has 2 saturated heterocycles. The third kappa shape index (κ3) is 7.74. The molecular formula is C25H38N4O4. The van der Waals surface area contributed by atoms with E-state index in [2.05, 4.69) is 10.2 Å². The summed E-state index contributed by atoms with van der Waals surface area (Å²) in [6.45, 7) is 8.62. The third-order valence-corrected chi connectivity index (χ3v) is 6.52. The van der Waals surface area contributed by atoms with Gasteiger partial charge in [0.25, 0.3) is 0 Å². The van der Waals surface area contributed by atoms with Crippen LogP contribution in [0.5, 0.6) is 5.75 Å². The first-order valence-electron chi connectivity index (χ1n) is 12.2. The molecular weight excluding hydrogens is 420 g/mol. The monoisotopic (exact) mass is 458 g/mol. The molecule has 8 nitrogen and oxygen atoms in total. The lowest BCUT2D eigenvalue weighted by atomic mass is 9.96. The predicted molar refractivity (Wildman–Crippen MR) is 127 cm³/mol. The summed E-state index contributed by atoms with van der Waals surface area (Å²) in [5.41, 5.74) is 0. The number of amides is 3. The molecule has 2 fully saturated rings. The van der Waals surface area contributed by atoms with Crippen molar-refractivity contribution in [3.8, 4) is 5.75 Å². The number of para-hydroxylation sites is 1. The highest BCUT2D eigenvalue weighted by molar-refractivity contribution is 5.82. The number of hydrogen-bond acceptors (Lipinski definition) is 5. The van der Waals surface area contributed by atoms with E-state index in [9.17, 15) is 14.4 Å². The fraction of sp³-hybridized carbons (Fsp3) is 0.640. The zero-order valence-corrected chi connectivity index (χ0v) is 20.0. The van der Waals surface area contributed by atoms with Gasteiger partial charge in [0.2, 0.25) is 17.7 Å². The van der Waals surface area contributed by atoms with Crippen molar-refractivity contribution < 1.29 is 19.1 Å². The van der Waals surface area contributed by atoms with Crippen LogP contribution in [0.1, 0.15) is 39.5 Å². The molecule has 2 aliphatic heterocycles. The second-order valence-electron chi connectivity index (χ2n) is 9.07. The molecule has 2 unspecified atom stereocenters. The molecule has 8 heteroatoms. The molecule has 0 saturated carbocycles. The summed E-state index contributed by atoms with van der Waals surface area (Å²) in [4.78, 5) is 43.7. The van der Waals surface area contributed by atoms with E-state index in [-0.39, 0.29) is 29.7 Å². The fourth-order valence-corrected chi connectivity index (χ4v) is 4.35. The molecule has 0 spiro atoms. The average molecular weight is 459 g/mol. The van der Waals surface area contributed by atoms with Crippen LogP contribution in [0.25, 0.3) is 0 Å². The van der Waals surface area contributed by atoms with Crippen molar-refractivity contribution in [3.63, 3.8) is 0 Å². The number of likely N-dealkylation sites (tertiary alicyclic amines) is 1. The van der Waals surface area contributed by atoms with Crippen molar-refractivity contribution in [2.24, 2.45) is 5.92 Å². The molecule has 0 bridgehead atoms. The first kappa shape index (κ1) is 25.0. The Morgan fingerprint density at radius 1 is 1.06 bits per heavy atom. The summed E-state index contributed by atoms with van der Waals surface area (Å²) in [6.07, 6.45) is 2.89. The van der Waals surface area contributed by atoms with Crippen LogP contribution in [0.15, 0.2) is 30.3 Å². The van der Waals surface area contributed by atoms with Crippen LogP contribution in [0.3, 0.4) is 0 Å². The number of piperazine rings is 1. The lowest BCUT2D eigenvalue weighted by Gasteiger charge is -2.39. The van der Waals surface area contributed by atoms with Gasteiger partial charge >= 0.3 is 0 Å². The zero-order chi connectivity index (χ0) is 23.6. The number of rotatable bonds is 9. The highest BCUT2D eigenvalue weighted by Crippen LogP contribution is 2.21. The molecule has 2 heterocycles. The Kier molecular flexibility index (Phi) is 9.54. The summed E-state index contributed by atoms with van der Waals surface area (Å²) in [5.74, 6) is 0.839. The molecule has 2 aliphatic rings. The van der Waals surface area contributed by atoms with Crippen LogP contribution < -0.4 is 10.1 Å². The van der Waals surface area contributed by atoms with E-state index in [4.69, 9.17) is 4.74 Å². The number of nitrogens with one attached hydrogen (secondary N) is 1. The first-order valence-corrected chi connectivity index (χ1v) is 12.2. The fourth-order valence-electron chi connectivity index (χ4n) is 4.35. The topological polar surface area (TPSA) is 82.2 Å². The first-order chi connectivity index (χ1) is 16.0. The lowest BCUT2D eigenvalue weighted by Crippen LogP contribution is -2.54. The number of ether oxygens (including phenoxy) is 1. The van der Waals surface area contributed by atoms with Crippen molar-refractivity contribution in [2.75, 3.05) is 52.4 Å². The van der Waals surface area contributed by atoms with Crippen LogP contribution in [0, 0.1) is 5.92 Å². The van der Waals surface area contributed by atoms with Gasteiger partial charge in [0, 0.05) is 45.3 Å². The SMILES string of the molecule is CCC(C)NC(=O)CN1CCN(C(=O)C2CCCN(C(=O)CCOc3ccccc3)C2)CC1. The summed E-state index contributed by atoms with van der Waals surface area (Å²) < 4.78 is 5.65. The quantitative estimate of drug-likeness (QED) is 0.610. The number of hydrogen-bond donors (Lipinski definition) is 1. The minimum Gasteiger partial charge on any atom is -0.493 e. The highest BCUT2D eigenvalue weighted by atomic mass is 16.5. The Balaban J connectivity index is 1.39. The molecule has 3 amide bonds. The van der Waals surface area contributed by atoms with E-state index < -0.39 is 0 Å². The molecule has 182 valence electrons. The maximum absolute atomic E-state index is 13.1. The second kappa shape index (κ2) is 12.6. The maximum atomic E-state index is 13.1. The van der Waals surface area contributed by atoms with Crippen molar-refractivity contribution in [3.05, 3.63) is 30.3 Å². The van der Waals surface area contributed by atoms with Crippen LogP contribution in [-0.2, 0) is 14.4 Å². The van der Waals surface area contributed by atoms with Gasteiger partial charge in [-0.1, -0.05) is 25.1 Å². The molecule has 33 heavy (non-hydrogen) atoms. The predicted octanol–water partition coefficient (Wildman–Crippen LogP) is 1.75. The second-order valence-corrected chi connectivity index (χ2v) is 9.07. The number of carbonyl (C=O) groups excluding carboxylic acids is 3. The number of piperidine rings is 1. The van der Waals surface area contributed by atoms with Crippen LogP contribution >= 0.6 is 0 Å². The molecule has 3 rings (SSSR count). The van der Waals surface area contributed by atoms with Gasteiger partial charge in [0.15, 0.2) is 0 Å². The third-order valence-electron chi connectivity index (χ3n) is 6.52. The van der Waals surface area contributed by atoms with Crippen LogP contribution in [0.4, 0.5) is 0 Å². The van der Waals surface area contributed by atoms with E-state index in [1.165, 1.54) is 0 Å². The van der Waals surface area contributed by atoms with Crippen molar-refractivity contribution >= 4 is 17.7 Å². The van der Waals surface area contributed by atoms with Gasteiger partial charge < -0.3 is 19.9 Å². The summed E-state index contributed by atoms with van der Waals surface area (Å²) in [6, 6.07) is 9.66. The van der Waals surface area contributed by atoms with Crippen molar-refractivity contribution in [1.29, 1.82) is 0 Å². The van der Waals surface area contributed by atoms with Crippen LogP contribution in [0.2, 0.25) is 0 Å². The molecule has 0 aliphatic carbocycles. The van der Waals surface area contributed by atoms with Crippen LogP contribution in [-0.4, -0.2) is 90.9 Å². The Morgan fingerprint density at radius 3 is 2.48 bits per heavy atom. The van der Waals surface area contributed by atoms with Gasteiger partial charge in [-0.15, -0.1) is 0 Å². The van der Waals surface area contributed by atoms with Gasteiger partial charge in [0.1, 0.15) is 5.75 Å². The molecule has 0 radical (unpaired) electrons. The Bertz CT molecular complexity index is 780. The standard InChI is InChI=1S/C25H38N4O4/c1-3-20(2)26-23(30)19-27-13-15-28(16-14-27)25(32)21-8-7-12-29(18-21)24(31)11-17-33-22-9-5-4-6-10-22/h4-6,9-10,20-21H,3,7-8,11-19H2,1-2H3,(H,26,30). The van der Waals surface area contributed by atoms with Crippen molar-refractivity contribution in [1.82, 2.24) is 20.0 Å². The number of benzene rings is 1. The molecule has 1 N–H and O–H groups in total. The van der Waals surface area contributed by atoms with E-state index in [0.29, 0.717) is 58.8 Å². The maximum Gasteiger partial charge on any atom is 0.234 e. The van der Waals surface area contributed by atoms with E-state index in [1.54, 1.807) is 0 Å². The number of carbonyl (C=O) groups is 3. The Morgan fingerprint density at radius 2 is 1.79 bits per heavy atom. The largest absolute Gasteiger partial charge is 0.493 e. The molecule has 1 aromatic rings. The van der Waals surface area contributed by atoms with Gasteiger partial charge in [0.05, 0.1) is 25.5 Å². The van der Waals surface area contributed by atoms with Crippen molar-refractivity contribution in [2.45, 2.75) is 45.6 Å². The zero-order valence-electron chi connectivity index (χ0n) is 20.0. The van der Waals surface area contributed by atoms with Gasteiger partial charge in [-0.2, -0.15) is 0 Å². The van der Waals surface area contributed by atoms with E-state index in [0.717, 1.165) is 25.0 Å². The van der Waals surface area contributed by atoms with E-state index >= 15 is 0 Å².